The van der Waals surface area contributed by atoms with Crippen molar-refractivity contribution in [1.29, 1.82) is 0 Å². The average molecular weight is 432 g/mol. The Kier molecular flexibility index (Phi) is 5.80. The van der Waals surface area contributed by atoms with E-state index in [1.165, 1.54) is 11.1 Å². The van der Waals surface area contributed by atoms with E-state index < -0.39 is 5.60 Å². The number of rotatable bonds is 3. The van der Waals surface area contributed by atoms with Crippen LogP contribution in [0.15, 0.2) is 46.9 Å². The highest BCUT2D eigenvalue weighted by Crippen LogP contribution is 2.36. The number of hydrogen-bond donors (Lipinski definition) is 0. The molecule has 2 aromatic rings. The summed E-state index contributed by atoms with van der Waals surface area (Å²) in [5.74, 6) is 0.806. The Balaban J connectivity index is 1.97. The number of benzene rings is 2. The van der Waals surface area contributed by atoms with Gasteiger partial charge in [0.15, 0.2) is 0 Å². The third-order valence-electron chi connectivity index (χ3n) is 4.68. The van der Waals surface area contributed by atoms with Crippen LogP contribution in [0.2, 0.25) is 0 Å². The number of halogens is 1. The first-order valence-corrected chi connectivity index (χ1v) is 9.97. The number of hydrogen-bond acceptors (Lipinski definition) is 3. The quantitative estimate of drug-likeness (QED) is 0.640. The molecule has 0 N–H and O–H groups in total. The third kappa shape index (κ3) is 4.83. The van der Waals surface area contributed by atoms with Gasteiger partial charge in [-0.3, -0.25) is 0 Å². The molecule has 0 spiro atoms. The minimum absolute atomic E-state index is 0.0834. The number of carbonyl (C=O) groups is 1. The molecule has 0 fully saturated rings. The first kappa shape index (κ1) is 19.7. The van der Waals surface area contributed by atoms with Crippen LogP contribution in [0.3, 0.4) is 0 Å². The molecule has 1 amide bonds. The van der Waals surface area contributed by atoms with Gasteiger partial charge in [-0.25, -0.2) is 4.79 Å². The lowest BCUT2D eigenvalue weighted by molar-refractivity contribution is 0.0141. The van der Waals surface area contributed by atoms with E-state index in [9.17, 15) is 4.79 Å². The zero-order valence-corrected chi connectivity index (χ0v) is 17.9. The van der Waals surface area contributed by atoms with Crippen molar-refractivity contribution in [3.05, 3.63) is 63.6 Å². The largest absolute Gasteiger partial charge is 0.497 e. The highest BCUT2D eigenvalue weighted by molar-refractivity contribution is 9.10. The Morgan fingerprint density at radius 2 is 1.89 bits per heavy atom. The third-order valence-corrected chi connectivity index (χ3v) is 5.21. The zero-order valence-electron chi connectivity index (χ0n) is 16.3. The lowest BCUT2D eigenvalue weighted by Crippen LogP contribution is -2.43. The van der Waals surface area contributed by atoms with Crippen LogP contribution in [0, 0.1) is 0 Å². The molecule has 0 bridgehead atoms. The van der Waals surface area contributed by atoms with E-state index in [1.54, 1.807) is 7.11 Å². The monoisotopic (exact) mass is 431 g/mol. The molecule has 27 heavy (non-hydrogen) atoms. The van der Waals surface area contributed by atoms with E-state index in [-0.39, 0.29) is 12.1 Å². The molecule has 0 saturated carbocycles. The molecule has 144 valence electrons. The SMILES string of the molecule is COc1ccc2c(c1)C(Cc1ccc(Br)cc1)N(C(=O)OC(C)(C)C)CC2. The minimum atomic E-state index is -0.520. The summed E-state index contributed by atoms with van der Waals surface area (Å²) in [7, 11) is 1.67. The Hall–Kier alpha value is -2.01. The van der Waals surface area contributed by atoms with Crippen LogP contribution < -0.4 is 4.74 Å². The summed E-state index contributed by atoms with van der Waals surface area (Å²) in [5, 5.41) is 0. The van der Waals surface area contributed by atoms with Gasteiger partial charge in [-0.1, -0.05) is 34.1 Å². The van der Waals surface area contributed by atoms with Gasteiger partial charge in [0.25, 0.3) is 0 Å². The van der Waals surface area contributed by atoms with E-state index >= 15 is 0 Å². The predicted molar refractivity (Wildman–Crippen MR) is 110 cm³/mol. The zero-order chi connectivity index (χ0) is 19.6. The molecule has 1 heterocycles. The Morgan fingerprint density at radius 1 is 1.19 bits per heavy atom. The summed E-state index contributed by atoms with van der Waals surface area (Å²) < 4.78 is 12.2. The Morgan fingerprint density at radius 3 is 2.52 bits per heavy atom. The van der Waals surface area contributed by atoms with E-state index in [0.717, 1.165) is 28.6 Å². The van der Waals surface area contributed by atoms with Crippen molar-refractivity contribution < 1.29 is 14.3 Å². The lowest BCUT2D eigenvalue weighted by atomic mass is 9.88. The maximum atomic E-state index is 12.9. The lowest BCUT2D eigenvalue weighted by Gasteiger charge is -2.38. The molecule has 1 unspecified atom stereocenters. The van der Waals surface area contributed by atoms with Gasteiger partial charge in [0.05, 0.1) is 13.2 Å². The molecular weight excluding hydrogens is 406 g/mol. The topological polar surface area (TPSA) is 38.8 Å². The number of ether oxygens (including phenoxy) is 2. The van der Waals surface area contributed by atoms with E-state index in [0.29, 0.717) is 6.54 Å². The van der Waals surface area contributed by atoms with Gasteiger partial charge < -0.3 is 14.4 Å². The maximum absolute atomic E-state index is 12.9. The van der Waals surface area contributed by atoms with E-state index in [4.69, 9.17) is 9.47 Å². The molecule has 0 radical (unpaired) electrons. The van der Waals surface area contributed by atoms with Crippen molar-refractivity contribution in [3.63, 3.8) is 0 Å². The maximum Gasteiger partial charge on any atom is 0.410 e. The van der Waals surface area contributed by atoms with Crippen molar-refractivity contribution in [2.24, 2.45) is 0 Å². The summed E-state index contributed by atoms with van der Waals surface area (Å²) in [6.07, 6.45) is 1.28. The molecular formula is C22H26BrNO3. The number of fused-ring (bicyclic) bond motifs is 1. The second-order valence-corrected chi connectivity index (χ2v) is 8.75. The number of nitrogens with zero attached hydrogens (tertiary/aromatic N) is 1. The van der Waals surface area contributed by atoms with Crippen LogP contribution in [0.1, 0.15) is 43.5 Å². The van der Waals surface area contributed by atoms with Crippen molar-refractivity contribution in [3.8, 4) is 5.75 Å². The first-order valence-electron chi connectivity index (χ1n) is 9.18. The highest BCUT2D eigenvalue weighted by atomic mass is 79.9. The fraction of sp³-hybridized carbons (Fsp3) is 0.409. The summed E-state index contributed by atoms with van der Waals surface area (Å²) in [6.45, 7) is 6.34. The van der Waals surface area contributed by atoms with Crippen molar-refractivity contribution in [2.45, 2.75) is 45.3 Å². The number of carbonyl (C=O) groups excluding carboxylic acids is 1. The van der Waals surface area contributed by atoms with Gasteiger partial charge in [-0.05, 0) is 74.6 Å². The van der Waals surface area contributed by atoms with Gasteiger partial charge in [0.2, 0.25) is 0 Å². The second-order valence-electron chi connectivity index (χ2n) is 7.83. The molecule has 3 rings (SSSR count). The fourth-order valence-electron chi connectivity index (χ4n) is 3.41. The van der Waals surface area contributed by atoms with Gasteiger partial charge >= 0.3 is 6.09 Å². The molecule has 0 aliphatic carbocycles. The highest BCUT2D eigenvalue weighted by Gasteiger charge is 2.34. The fourth-order valence-corrected chi connectivity index (χ4v) is 3.67. The Labute approximate surface area is 169 Å². The molecule has 5 heteroatoms. The number of amides is 1. The van der Waals surface area contributed by atoms with Crippen LogP contribution in [0.4, 0.5) is 4.79 Å². The molecule has 0 aromatic heterocycles. The van der Waals surface area contributed by atoms with Gasteiger partial charge in [0.1, 0.15) is 11.4 Å². The van der Waals surface area contributed by atoms with E-state index in [1.807, 2.05) is 43.9 Å². The van der Waals surface area contributed by atoms with Gasteiger partial charge in [-0.15, -0.1) is 0 Å². The van der Waals surface area contributed by atoms with Crippen molar-refractivity contribution >= 4 is 22.0 Å². The van der Waals surface area contributed by atoms with Crippen molar-refractivity contribution in [1.82, 2.24) is 4.90 Å². The summed E-state index contributed by atoms with van der Waals surface area (Å²) in [6, 6.07) is 14.3. The van der Waals surface area contributed by atoms with Crippen LogP contribution in [0.5, 0.6) is 5.75 Å². The normalized spacial score (nSPS) is 16.6. The van der Waals surface area contributed by atoms with Crippen molar-refractivity contribution in [2.75, 3.05) is 13.7 Å². The molecule has 4 nitrogen and oxygen atoms in total. The standard InChI is InChI=1S/C22H26BrNO3/c1-22(2,3)27-21(25)24-12-11-16-7-10-18(26-4)14-19(16)20(24)13-15-5-8-17(23)9-6-15/h5-10,14,20H,11-13H2,1-4H3. The molecule has 0 saturated heterocycles. The summed E-state index contributed by atoms with van der Waals surface area (Å²) >= 11 is 3.48. The van der Waals surface area contributed by atoms with Crippen LogP contribution in [0.25, 0.3) is 0 Å². The first-order chi connectivity index (χ1) is 12.8. The molecule has 2 aromatic carbocycles. The van der Waals surface area contributed by atoms with Crippen LogP contribution in [-0.2, 0) is 17.6 Å². The summed E-state index contributed by atoms with van der Waals surface area (Å²) in [5.41, 5.74) is 3.05. The Bertz CT molecular complexity index is 811. The minimum Gasteiger partial charge on any atom is -0.497 e. The van der Waals surface area contributed by atoms with Crippen LogP contribution in [-0.4, -0.2) is 30.2 Å². The van der Waals surface area contributed by atoms with Gasteiger partial charge in [0, 0.05) is 11.0 Å². The molecule has 1 aliphatic rings. The van der Waals surface area contributed by atoms with Gasteiger partial charge in [-0.2, -0.15) is 0 Å². The second kappa shape index (κ2) is 7.93. The molecule has 1 atom stereocenters. The van der Waals surface area contributed by atoms with Crippen LogP contribution >= 0.6 is 15.9 Å². The molecule has 1 aliphatic heterocycles. The smallest absolute Gasteiger partial charge is 0.410 e. The number of methoxy groups -OCH3 is 1. The average Bonchev–Trinajstić information content (AvgIpc) is 2.61. The predicted octanol–water partition coefficient (Wildman–Crippen LogP) is 5.53. The van der Waals surface area contributed by atoms with E-state index in [2.05, 4.69) is 40.2 Å². The summed E-state index contributed by atoms with van der Waals surface area (Å²) in [4.78, 5) is 14.8.